The van der Waals surface area contributed by atoms with Crippen LogP contribution in [0.5, 0.6) is 5.75 Å². The van der Waals surface area contributed by atoms with E-state index in [4.69, 9.17) is 21.3 Å². The minimum Gasteiger partial charge on any atom is -0.504 e. The number of hydrogen-bond acceptors (Lipinski definition) is 10. The molecule has 18 heteroatoms. The fourth-order valence-electron chi connectivity index (χ4n) is 7.30. The van der Waals surface area contributed by atoms with Gasteiger partial charge in [-0.3, -0.25) is 14.4 Å². The number of anilines is 2. The lowest BCUT2D eigenvalue weighted by molar-refractivity contribution is -0.137. The Balaban J connectivity index is 1.29. The summed E-state index contributed by atoms with van der Waals surface area (Å²) in [5.74, 6) is -1.11. The third-order valence-corrected chi connectivity index (χ3v) is 10.7. The van der Waals surface area contributed by atoms with Gasteiger partial charge in [-0.2, -0.15) is 22.7 Å². The van der Waals surface area contributed by atoms with E-state index in [1.807, 2.05) is 50.8 Å². The van der Waals surface area contributed by atoms with Gasteiger partial charge in [-0.15, -0.1) is 5.10 Å². The van der Waals surface area contributed by atoms with Gasteiger partial charge in [0.2, 0.25) is 11.7 Å². The minimum atomic E-state index is -4.63. The van der Waals surface area contributed by atoms with Crippen LogP contribution in [0.25, 0.3) is 17.2 Å². The lowest BCUT2D eigenvalue weighted by Gasteiger charge is -2.27. The van der Waals surface area contributed by atoms with E-state index in [0.717, 1.165) is 33.8 Å². The summed E-state index contributed by atoms with van der Waals surface area (Å²) in [5.41, 5.74) is 1.50. The van der Waals surface area contributed by atoms with Crippen LogP contribution in [0.4, 0.5) is 24.5 Å². The van der Waals surface area contributed by atoms with Gasteiger partial charge in [0.05, 0.1) is 39.9 Å². The number of aromatic hydroxyl groups is 1. The first kappa shape index (κ1) is 38.7. The number of aryl methyl sites for hydroxylation is 1. The number of fused-ring (bicyclic) bond motifs is 2. The fraction of sp³-hybridized carbons (Fsp3) is 0.395. The van der Waals surface area contributed by atoms with Crippen molar-refractivity contribution in [2.24, 2.45) is 0 Å². The van der Waals surface area contributed by atoms with E-state index >= 15 is 0 Å². The van der Waals surface area contributed by atoms with Crippen molar-refractivity contribution in [3.8, 4) is 17.1 Å². The van der Waals surface area contributed by atoms with Gasteiger partial charge in [0.15, 0.2) is 17.3 Å². The summed E-state index contributed by atoms with van der Waals surface area (Å²) >= 11 is 6.18. The van der Waals surface area contributed by atoms with Gasteiger partial charge >= 0.3 is 6.18 Å². The number of benzene rings is 2. The van der Waals surface area contributed by atoms with Crippen LogP contribution < -0.4 is 15.8 Å². The van der Waals surface area contributed by atoms with Crippen molar-refractivity contribution in [1.82, 2.24) is 34.0 Å². The van der Waals surface area contributed by atoms with Crippen LogP contribution in [0.1, 0.15) is 72.7 Å². The standard InChI is InChI=1S/C38H39ClF3N9O5/c1-6-28-31(48-12-11-20(2)49(14-13-48)34(54)30-32(53)21(3)43-19-44-30)35(55)51-36(46-33(47-51)22-7-9-25-23(15-22)18-56-37(25,4)5)50(28)17-29(52)45-27-10-8-24(16-26(27)39)38(40,41)42/h7-10,15-16,19-20,53H,6,11-14,17-18H2,1-5H3,(H,45,52)/t20-/m1/s1. The first-order chi connectivity index (χ1) is 26.5. The molecule has 56 heavy (non-hydrogen) atoms. The zero-order valence-corrected chi connectivity index (χ0v) is 32.0. The highest BCUT2D eigenvalue weighted by atomic mass is 35.5. The molecule has 1 fully saturated rings. The van der Waals surface area contributed by atoms with Crippen LogP contribution in [0.2, 0.25) is 5.02 Å². The SMILES string of the molecule is CCc1c(N2CC[C@@H](C)N(C(=O)c3ncnc(C)c3O)CC2)c(=O)n2nc(-c3ccc4c(c3)COC4(C)C)nc2n1CC(=O)Nc1ccc(C(F)(F)F)cc1Cl. The predicted octanol–water partition coefficient (Wildman–Crippen LogP) is 5.74. The Labute approximate surface area is 323 Å². The van der Waals surface area contributed by atoms with E-state index in [1.165, 1.54) is 6.33 Å². The summed E-state index contributed by atoms with van der Waals surface area (Å²) < 4.78 is 48.6. The Morgan fingerprint density at radius 3 is 2.59 bits per heavy atom. The number of hydrogen-bond donors (Lipinski definition) is 2. The number of aromatic nitrogens is 6. The smallest absolute Gasteiger partial charge is 0.416 e. The van der Waals surface area contributed by atoms with Gasteiger partial charge in [-0.1, -0.05) is 30.7 Å². The van der Waals surface area contributed by atoms with Crippen LogP contribution in [0, 0.1) is 6.92 Å². The molecule has 1 atom stereocenters. The quantitative estimate of drug-likeness (QED) is 0.208. The van der Waals surface area contributed by atoms with Gasteiger partial charge in [0, 0.05) is 31.2 Å². The van der Waals surface area contributed by atoms with Crippen molar-refractivity contribution in [2.45, 2.75) is 78.4 Å². The monoisotopic (exact) mass is 793 g/mol. The van der Waals surface area contributed by atoms with E-state index in [1.54, 1.807) is 16.4 Å². The zero-order valence-electron chi connectivity index (χ0n) is 31.2. The van der Waals surface area contributed by atoms with Gasteiger partial charge < -0.3 is 29.5 Å². The Kier molecular flexibility index (Phi) is 10.0. The van der Waals surface area contributed by atoms with E-state index in [-0.39, 0.29) is 70.7 Å². The molecule has 0 radical (unpaired) electrons. The number of carbonyl (C=O) groups is 2. The Morgan fingerprint density at radius 1 is 1.11 bits per heavy atom. The predicted molar refractivity (Wildman–Crippen MR) is 201 cm³/mol. The summed E-state index contributed by atoms with van der Waals surface area (Å²) in [5, 5.41) is 17.5. The van der Waals surface area contributed by atoms with Gasteiger partial charge in [0.1, 0.15) is 18.6 Å². The molecule has 1 saturated heterocycles. The highest BCUT2D eigenvalue weighted by molar-refractivity contribution is 6.33. The fourth-order valence-corrected chi connectivity index (χ4v) is 7.52. The number of halogens is 4. The van der Waals surface area contributed by atoms with E-state index in [0.29, 0.717) is 30.8 Å². The molecule has 2 aliphatic rings. The molecule has 5 heterocycles. The number of ether oxygens (including phenoxy) is 1. The summed E-state index contributed by atoms with van der Waals surface area (Å²) in [4.78, 5) is 58.1. The second kappa shape index (κ2) is 14.5. The first-order valence-corrected chi connectivity index (χ1v) is 18.4. The average molecular weight is 794 g/mol. The van der Waals surface area contributed by atoms with Gasteiger partial charge in [-0.05, 0) is 75.9 Å². The summed E-state index contributed by atoms with van der Waals surface area (Å²) in [6, 6.07) is 8.03. The molecule has 294 valence electrons. The van der Waals surface area contributed by atoms with Crippen LogP contribution in [-0.2, 0) is 40.9 Å². The largest absolute Gasteiger partial charge is 0.504 e. The van der Waals surface area contributed by atoms with Crippen molar-refractivity contribution >= 4 is 40.6 Å². The molecule has 0 unspecified atom stereocenters. The minimum absolute atomic E-state index is 0.0263. The zero-order chi connectivity index (χ0) is 40.3. The van der Waals surface area contributed by atoms with Crippen LogP contribution in [0.15, 0.2) is 47.5 Å². The van der Waals surface area contributed by atoms with Crippen molar-refractivity contribution in [1.29, 1.82) is 0 Å². The maximum absolute atomic E-state index is 14.6. The molecule has 2 amide bonds. The average Bonchev–Trinajstić information content (AvgIpc) is 3.67. The molecule has 7 rings (SSSR count). The molecule has 14 nitrogen and oxygen atoms in total. The Morgan fingerprint density at radius 2 is 1.88 bits per heavy atom. The highest BCUT2D eigenvalue weighted by Crippen LogP contribution is 2.38. The topological polar surface area (TPSA) is 160 Å². The molecule has 3 aromatic heterocycles. The molecule has 0 aliphatic carbocycles. The van der Waals surface area contributed by atoms with Gasteiger partial charge in [-0.25, -0.2) is 9.97 Å². The first-order valence-electron chi connectivity index (χ1n) is 18.0. The highest BCUT2D eigenvalue weighted by Gasteiger charge is 2.34. The lowest BCUT2D eigenvalue weighted by Crippen LogP contribution is -2.41. The third kappa shape index (κ3) is 7.04. The summed E-state index contributed by atoms with van der Waals surface area (Å²) in [7, 11) is 0. The molecule has 0 spiro atoms. The van der Waals surface area contributed by atoms with E-state index < -0.39 is 41.3 Å². The van der Waals surface area contributed by atoms with Crippen molar-refractivity contribution in [3.05, 3.63) is 91.9 Å². The summed E-state index contributed by atoms with van der Waals surface area (Å²) in [6.45, 7) is 9.94. The number of nitrogens with one attached hydrogen (secondary N) is 1. The maximum atomic E-state index is 14.6. The second-order valence-corrected chi connectivity index (χ2v) is 14.8. The third-order valence-electron chi connectivity index (χ3n) is 10.4. The molecule has 2 aromatic carbocycles. The number of alkyl halides is 3. The van der Waals surface area contributed by atoms with E-state index in [2.05, 4.69) is 20.4 Å². The molecule has 0 bridgehead atoms. The summed E-state index contributed by atoms with van der Waals surface area (Å²) in [6.07, 6.45) is -2.70. The molecule has 2 aliphatic heterocycles. The van der Waals surface area contributed by atoms with Gasteiger partial charge in [0.25, 0.3) is 11.5 Å². The van der Waals surface area contributed by atoms with Crippen LogP contribution in [0.3, 0.4) is 0 Å². The number of rotatable bonds is 7. The number of nitrogens with zero attached hydrogens (tertiary/aromatic N) is 8. The van der Waals surface area contributed by atoms with Crippen molar-refractivity contribution in [2.75, 3.05) is 29.9 Å². The Bertz CT molecular complexity index is 2450. The molecular formula is C38H39ClF3N9O5. The van der Waals surface area contributed by atoms with Crippen LogP contribution in [-0.4, -0.2) is 76.6 Å². The van der Waals surface area contributed by atoms with Crippen molar-refractivity contribution in [3.63, 3.8) is 0 Å². The molecular weight excluding hydrogens is 755 g/mol. The molecule has 5 aromatic rings. The molecule has 0 saturated carbocycles. The lowest BCUT2D eigenvalue weighted by atomic mass is 9.94. The number of carbonyl (C=O) groups excluding carboxylic acids is 2. The maximum Gasteiger partial charge on any atom is 0.416 e. The van der Waals surface area contributed by atoms with Crippen LogP contribution >= 0.6 is 11.6 Å². The second-order valence-electron chi connectivity index (χ2n) is 14.4. The van der Waals surface area contributed by atoms with E-state index in [9.17, 15) is 32.7 Å². The van der Waals surface area contributed by atoms with Crippen molar-refractivity contribution < 1.29 is 32.6 Å². The number of amides is 2. The Hall–Kier alpha value is -5.55. The normalized spacial score (nSPS) is 16.9. The molecule has 2 N–H and O–H groups in total.